The summed E-state index contributed by atoms with van der Waals surface area (Å²) in [5, 5.41) is 0. The fraction of sp³-hybridized carbons (Fsp3) is 0.154. The first-order valence-electron chi connectivity index (χ1n) is 5.52. The van der Waals surface area contributed by atoms with Gasteiger partial charge in [-0.3, -0.25) is 4.79 Å². The second-order valence-corrected chi connectivity index (χ2v) is 6.81. The first kappa shape index (κ1) is 14.4. The van der Waals surface area contributed by atoms with E-state index in [1.54, 1.807) is 24.1 Å². The number of nitrogen functional groups attached to an aromatic ring is 1. The van der Waals surface area contributed by atoms with Crippen LogP contribution in [0.5, 0.6) is 0 Å². The normalized spacial score (nSPS) is 10.5. The molecular weight excluding hydrogens is 348 g/mol. The molecule has 0 spiro atoms. The highest BCUT2D eigenvalue weighted by Gasteiger charge is 2.16. The Morgan fingerprint density at radius 1 is 1.42 bits per heavy atom. The van der Waals surface area contributed by atoms with E-state index >= 15 is 0 Å². The number of rotatable bonds is 3. The fourth-order valence-corrected chi connectivity index (χ4v) is 3.16. The first-order chi connectivity index (χ1) is 8.97. The molecule has 0 unspecified atom stereocenters. The molecule has 0 saturated carbocycles. The van der Waals surface area contributed by atoms with Gasteiger partial charge >= 0.3 is 0 Å². The van der Waals surface area contributed by atoms with Crippen molar-refractivity contribution in [3.8, 4) is 0 Å². The van der Waals surface area contributed by atoms with Crippen LogP contribution in [0.25, 0.3) is 0 Å². The molecule has 2 rings (SSSR count). The maximum absolute atomic E-state index is 12.3. The van der Waals surface area contributed by atoms with Crippen molar-refractivity contribution in [3.63, 3.8) is 0 Å². The van der Waals surface area contributed by atoms with Crippen molar-refractivity contribution in [1.82, 2.24) is 4.90 Å². The third-order valence-corrected chi connectivity index (χ3v) is 4.32. The van der Waals surface area contributed by atoms with Gasteiger partial charge in [0.05, 0.1) is 16.4 Å². The van der Waals surface area contributed by atoms with Crippen LogP contribution in [0.2, 0.25) is 4.34 Å². The number of anilines is 1. The third kappa shape index (κ3) is 3.49. The van der Waals surface area contributed by atoms with Gasteiger partial charge < -0.3 is 10.6 Å². The van der Waals surface area contributed by atoms with E-state index in [4.69, 9.17) is 17.3 Å². The van der Waals surface area contributed by atoms with Crippen LogP contribution < -0.4 is 5.73 Å². The molecule has 2 N–H and O–H groups in total. The molecule has 1 heterocycles. The molecule has 0 aliphatic heterocycles. The highest BCUT2D eigenvalue weighted by Crippen LogP contribution is 2.24. The summed E-state index contributed by atoms with van der Waals surface area (Å²) in [6, 6.07) is 9.00. The number of carbonyl (C=O) groups excluding carboxylic acids is 1. The number of hydrogen-bond acceptors (Lipinski definition) is 3. The second-order valence-electron chi connectivity index (χ2n) is 4.10. The monoisotopic (exact) mass is 358 g/mol. The standard InChI is InChI=1S/C13H12BrClN2OS/c1-17(7-9-3-5-12(15)19-9)13(18)10-6-8(14)2-4-11(10)16/h2-6H,7,16H2,1H3. The molecule has 0 saturated heterocycles. The Balaban J connectivity index is 2.16. The quantitative estimate of drug-likeness (QED) is 0.841. The summed E-state index contributed by atoms with van der Waals surface area (Å²) < 4.78 is 1.55. The molecule has 0 bridgehead atoms. The Hall–Kier alpha value is -1.04. The van der Waals surface area contributed by atoms with Gasteiger partial charge in [-0.2, -0.15) is 0 Å². The van der Waals surface area contributed by atoms with E-state index in [2.05, 4.69) is 15.9 Å². The number of nitrogens with two attached hydrogens (primary N) is 1. The van der Waals surface area contributed by atoms with Gasteiger partial charge in [0, 0.05) is 22.1 Å². The molecule has 0 aliphatic rings. The van der Waals surface area contributed by atoms with Gasteiger partial charge in [-0.15, -0.1) is 11.3 Å². The smallest absolute Gasteiger partial charge is 0.256 e. The van der Waals surface area contributed by atoms with Crippen LogP contribution in [0.3, 0.4) is 0 Å². The van der Waals surface area contributed by atoms with E-state index in [-0.39, 0.29) is 5.91 Å². The molecule has 1 amide bonds. The topological polar surface area (TPSA) is 46.3 Å². The van der Waals surface area contributed by atoms with Crippen LogP contribution in [0.1, 0.15) is 15.2 Å². The van der Waals surface area contributed by atoms with Gasteiger partial charge in [0.25, 0.3) is 5.91 Å². The number of thiophene rings is 1. The SMILES string of the molecule is CN(Cc1ccc(Cl)s1)C(=O)c1cc(Br)ccc1N. The molecule has 0 radical (unpaired) electrons. The minimum absolute atomic E-state index is 0.108. The average molecular weight is 360 g/mol. The number of nitrogens with zero attached hydrogens (tertiary/aromatic N) is 1. The maximum atomic E-state index is 12.3. The number of amides is 1. The number of benzene rings is 1. The Bertz CT molecular complexity index is 614. The van der Waals surface area contributed by atoms with E-state index in [9.17, 15) is 4.79 Å². The summed E-state index contributed by atoms with van der Waals surface area (Å²) in [6.45, 7) is 0.516. The molecule has 0 aliphatic carbocycles. The van der Waals surface area contributed by atoms with Crippen LogP contribution in [-0.2, 0) is 6.54 Å². The van der Waals surface area contributed by atoms with Crippen LogP contribution >= 0.6 is 38.9 Å². The van der Waals surface area contributed by atoms with E-state index in [0.29, 0.717) is 17.8 Å². The minimum atomic E-state index is -0.108. The second kappa shape index (κ2) is 5.94. The molecule has 6 heteroatoms. The van der Waals surface area contributed by atoms with Gasteiger partial charge in [-0.05, 0) is 30.3 Å². The van der Waals surface area contributed by atoms with Crippen LogP contribution in [0.15, 0.2) is 34.8 Å². The molecule has 1 aromatic carbocycles. The van der Waals surface area contributed by atoms with Crippen molar-refractivity contribution in [2.75, 3.05) is 12.8 Å². The Morgan fingerprint density at radius 3 is 2.79 bits per heavy atom. The number of hydrogen-bond donors (Lipinski definition) is 1. The number of halogens is 2. The van der Waals surface area contributed by atoms with Gasteiger partial charge in [0.1, 0.15) is 0 Å². The van der Waals surface area contributed by atoms with Crippen LogP contribution in [-0.4, -0.2) is 17.9 Å². The van der Waals surface area contributed by atoms with Crippen molar-refractivity contribution in [2.24, 2.45) is 0 Å². The highest BCUT2D eigenvalue weighted by atomic mass is 79.9. The van der Waals surface area contributed by atoms with Crippen molar-refractivity contribution in [3.05, 3.63) is 49.6 Å². The maximum Gasteiger partial charge on any atom is 0.256 e. The van der Waals surface area contributed by atoms with Crippen LogP contribution in [0, 0.1) is 0 Å². The van der Waals surface area contributed by atoms with E-state index < -0.39 is 0 Å². The average Bonchev–Trinajstić information content (AvgIpc) is 2.77. The zero-order valence-electron chi connectivity index (χ0n) is 10.2. The fourth-order valence-electron chi connectivity index (χ4n) is 1.66. The van der Waals surface area contributed by atoms with Crippen molar-refractivity contribution in [1.29, 1.82) is 0 Å². The largest absolute Gasteiger partial charge is 0.398 e. The van der Waals surface area contributed by atoms with Crippen molar-refractivity contribution >= 4 is 50.5 Å². The van der Waals surface area contributed by atoms with Gasteiger partial charge in [0.2, 0.25) is 0 Å². The van der Waals surface area contributed by atoms with E-state index in [0.717, 1.165) is 13.7 Å². The summed E-state index contributed by atoms with van der Waals surface area (Å²) in [7, 11) is 1.75. The van der Waals surface area contributed by atoms with Gasteiger partial charge in [-0.25, -0.2) is 0 Å². The van der Waals surface area contributed by atoms with Crippen LogP contribution in [0.4, 0.5) is 5.69 Å². The highest BCUT2D eigenvalue weighted by molar-refractivity contribution is 9.10. The molecule has 0 fully saturated rings. The molecule has 1 aromatic heterocycles. The van der Waals surface area contributed by atoms with Gasteiger partial charge in [-0.1, -0.05) is 27.5 Å². The Morgan fingerprint density at radius 2 is 2.16 bits per heavy atom. The predicted molar refractivity (Wildman–Crippen MR) is 83.7 cm³/mol. The van der Waals surface area contributed by atoms with Crippen molar-refractivity contribution < 1.29 is 4.79 Å². The van der Waals surface area contributed by atoms with Gasteiger partial charge in [0.15, 0.2) is 0 Å². The van der Waals surface area contributed by atoms with E-state index in [1.165, 1.54) is 11.3 Å². The molecular formula is C13H12BrClN2OS. The predicted octanol–water partition coefficient (Wildman–Crippen LogP) is 4.02. The Kier molecular flexibility index (Phi) is 4.50. The molecule has 19 heavy (non-hydrogen) atoms. The lowest BCUT2D eigenvalue weighted by Gasteiger charge is -2.17. The summed E-state index contributed by atoms with van der Waals surface area (Å²) in [4.78, 5) is 15.0. The summed E-state index contributed by atoms with van der Waals surface area (Å²) in [5.74, 6) is -0.108. The Labute approximate surface area is 129 Å². The summed E-state index contributed by atoms with van der Waals surface area (Å²) >= 11 is 10.7. The first-order valence-corrected chi connectivity index (χ1v) is 7.51. The molecule has 2 aromatic rings. The van der Waals surface area contributed by atoms with Crippen molar-refractivity contribution in [2.45, 2.75) is 6.54 Å². The lowest BCUT2D eigenvalue weighted by molar-refractivity contribution is 0.0787. The summed E-state index contributed by atoms with van der Waals surface area (Å²) in [6.07, 6.45) is 0. The third-order valence-electron chi connectivity index (χ3n) is 2.61. The zero-order valence-corrected chi connectivity index (χ0v) is 13.3. The summed E-state index contributed by atoms with van der Waals surface area (Å²) in [5.41, 5.74) is 6.81. The lowest BCUT2D eigenvalue weighted by atomic mass is 10.1. The minimum Gasteiger partial charge on any atom is -0.398 e. The van der Waals surface area contributed by atoms with E-state index in [1.807, 2.05) is 18.2 Å². The zero-order chi connectivity index (χ0) is 14.0. The number of carbonyl (C=O) groups is 1. The lowest BCUT2D eigenvalue weighted by Crippen LogP contribution is -2.26. The molecule has 100 valence electrons. The molecule has 3 nitrogen and oxygen atoms in total. The molecule has 0 atom stereocenters.